The van der Waals surface area contributed by atoms with Gasteiger partial charge in [-0.1, -0.05) is 12.1 Å². The van der Waals surface area contributed by atoms with Gasteiger partial charge in [-0.05, 0) is 67.1 Å². The molecule has 0 bridgehead atoms. The third kappa shape index (κ3) is 4.07. The van der Waals surface area contributed by atoms with Gasteiger partial charge in [0.05, 0.1) is 14.2 Å². The molecule has 0 aromatic heterocycles. The minimum absolute atomic E-state index is 0.328. The quantitative estimate of drug-likeness (QED) is 0.868. The van der Waals surface area contributed by atoms with Crippen molar-refractivity contribution in [3.05, 3.63) is 53.1 Å². The van der Waals surface area contributed by atoms with E-state index in [1.165, 1.54) is 16.7 Å². The number of benzene rings is 2. The van der Waals surface area contributed by atoms with Crippen molar-refractivity contribution < 1.29 is 14.6 Å². The Morgan fingerprint density at radius 2 is 1.68 bits per heavy atom. The van der Waals surface area contributed by atoms with Gasteiger partial charge in [0.1, 0.15) is 5.75 Å². The monoisotopic (exact) mass is 341 g/mol. The van der Waals surface area contributed by atoms with Gasteiger partial charge in [0.15, 0.2) is 11.5 Å². The molecule has 4 heteroatoms. The van der Waals surface area contributed by atoms with Gasteiger partial charge in [-0.15, -0.1) is 0 Å². The molecule has 1 heterocycles. The number of methoxy groups -OCH3 is 2. The molecule has 0 aliphatic carbocycles. The van der Waals surface area contributed by atoms with Gasteiger partial charge in [0.2, 0.25) is 0 Å². The van der Waals surface area contributed by atoms with E-state index in [4.69, 9.17) is 9.47 Å². The molecular formula is C21H27NO3. The van der Waals surface area contributed by atoms with Crippen molar-refractivity contribution in [2.45, 2.75) is 38.8 Å². The molecule has 3 rings (SSSR count). The van der Waals surface area contributed by atoms with E-state index in [0.29, 0.717) is 11.8 Å². The summed E-state index contributed by atoms with van der Waals surface area (Å²) in [7, 11) is 3.37. The van der Waals surface area contributed by atoms with Crippen LogP contribution in [0, 0.1) is 0 Å². The number of hydrogen-bond donors (Lipinski definition) is 1. The summed E-state index contributed by atoms with van der Waals surface area (Å²) in [4.78, 5) is 2.54. The van der Waals surface area contributed by atoms with Crippen LogP contribution in [0.25, 0.3) is 0 Å². The molecule has 0 saturated carbocycles. The fraction of sp³-hybridized carbons (Fsp3) is 0.429. The van der Waals surface area contributed by atoms with Gasteiger partial charge < -0.3 is 14.6 Å². The summed E-state index contributed by atoms with van der Waals surface area (Å²) < 4.78 is 10.9. The summed E-state index contributed by atoms with van der Waals surface area (Å²) >= 11 is 0. The molecule has 25 heavy (non-hydrogen) atoms. The Morgan fingerprint density at radius 3 is 2.32 bits per heavy atom. The standard InChI is InChI=1S/C21H27NO3/c1-15(4-5-16-6-8-19(23)9-7-16)22-11-10-17-12-20(24-2)21(25-3)13-18(17)14-22/h6-9,12-13,15,23H,4-5,10-11,14H2,1-3H3. The zero-order chi connectivity index (χ0) is 17.8. The van der Waals surface area contributed by atoms with Crippen LogP contribution in [0.4, 0.5) is 0 Å². The highest BCUT2D eigenvalue weighted by molar-refractivity contribution is 5.48. The Labute approximate surface area is 150 Å². The maximum atomic E-state index is 9.38. The molecule has 1 N–H and O–H groups in total. The Kier molecular flexibility index (Phi) is 5.49. The predicted molar refractivity (Wildman–Crippen MR) is 99.5 cm³/mol. The van der Waals surface area contributed by atoms with Crippen LogP contribution >= 0.6 is 0 Å². The number of phenolic OH excluding ortho intramolecular Hbond substituents is 1. The number of aromatic hydroxyl groups is 1. The van der Waals surface area contributed by atoms with Gasteiger partial charge in [-0.2, -0.15) is 0 Å². The minimum atomic E-state index is 0.328. The van der Waals surface area contributed by atoms with E-state index < -0.39 is 0 Å². The third-order valence-corrected chi connectivity index (χ3v) is 5.16. The summed E-state index contributed by atoms with van der Waals surface area (Å²) in [6, 6.07) is 12.3. The molecule has 2 aromatic carbocycles. The normalized spacial score (nSPS) is 15.5. The number of ether oxygens (including phenoxy) is 2. The van der Waals surface area contributed by atoms with Crippen LogP contribution in [-0.2, 0) is 19.4 Å². The number of hydrogen-bond acceptors (Lipinski definition) is 4. The lowest BCUT2D eigenvalue weighted by Gasteiger charge is -2.34. The first kappa shape index (κ1) is 17.6. The van der Waals surface area contributed by atoms with Crippen molar-refractivity contribution in [1.82, 2.24) is 4.90 Å². The molecular weight excluding hydrogens is 314 g/mol. The van der Waals surface area contributed by atoms with Crippen LogP contribution in [0.1, 0.15) is 30.0 Å². The highest BCUT2D eigenvalue weighted by atomic mass is 16.5. The molecule has 1 aliphatic heterocycles. The lowest BCUT2D eigenvalue weighted by atomic mass is 9.96. The molecule has 0 spiro atoms. The number of rotatable bonds is 6. The molecule has 1 aliphatic rings. The van der Waals surface area contributed by atoms with E-state index in [-0.39, 0.29) is 0 Å². The van der Waals surface area contributed by atoms with Crippen molar-refractivity contribution in [3.8, 4) is 17.2 Å². The van der Waals surface area contributed by atoms with Crippen LogP contribution in [0.3, 0.4) is 0 Å². The minimum Gasteiger partial charge on any atom is -0.508 e. The average molecular weight is 341 g/mol. The van der Waals surface area contributed by atoms with Gasteiger partial charge in [0, 0.05) is 19.1 Å². The lowest BCUT2D eigenvalue weighted by Crippen LogP contribution is -2.37. The molecule has 0 saturated heterocycles. The van der Waals surface area contributed by atoms with Gasteiger partial charge >= 0.3 is 0 Å². The molecule has 1 atom stereocenters. The summed E-state index contributed by atoms with van der Waals surface area (Å²) in [5.41, 5.74) is 3.97. The van der Waals surface area contributed by atoms with Crippen molar-refractivity contribution in [3.63, 3.8) is 0 Å². The summed E-state index contributed by atoms with van der Waals surface area (Å²) in [6.07, 6.45) is 3.17. The fourth-order valence-electron chi connectivity index (χ4n) is 3.50. The Bertz CT molecular complexity index is 712. The number of fused-ring (bicyclic) bond motifs is 1. The zero-order valence-corrected chi connectivity index (χ0v) is 15.3. The smallest absolute Gasteiger partial charge is 0.161 e. The predicted octanol–water partition coefficient (Wildman–Crippen LogP) is 3.79. The summed E-state index contributed by atoms with van der Waals surface area (Å²) in [5, 5.41) is 9.38. The van der Waals surface area contributed by atoms with Gasteiger partial charge in [0.25, 0.3) is 0 Å². The second-order valence-corrected chi connectivity index (χ2v) is 6.75. The lowest BCUT2D eigenvalue weighted by molar-refractivity contribution is 0.181. The summed E-state index contributed by atoms with van der Waals surface area (Å²) in [5.74, 6) is 1.95. The van der Waals surface area contributed by atoms with Crippen LogP contribution in [-0.4, -0.2) is 36.8 Å². The van der Waals surface area contributed by atoms with E-state index in [1.54, 1.807) is 26.4 Å². The van der Waals surface area contributed by atoms with Crippen LogP contribution in [0.5, 0.6) is 17.2 Å². The molecule has 2 aromatic rings. The Hall–Kier alpha value is -2.20. The van der Waals surface area contributed by atoms with E-state index in [9.17, 15) is 5.11 Å². The van der Waals surface area contributed by atoms with Gasteiger partial charge in [-0.25, -0.2) is 0 Å². The highest BCUT2D eigenvalue weighted by Crippen LogP contribution is 2.33. The third-order valence-electron chi connectivity index (χ3n) is 5.16. The van der Waals surface area contributed by atoms with E-state index in [0.717, 1.165) is 43.9 Å². The first-order valence-electron chi connectivity index (χ1n) is 8.86. The molecule has 4 nitrogen and oxygen atoms in total. The van der Waals surface area contributed by atoms with Crippen molar-refractivity contribution in [2.75, 3.05) is 20.8 Å². The van der Waals surface area contributed by atoms with Crippen LogP contribution < -0.4 is 9.47 Å². The van der Waals surface area contributed by atoms with Crippen molar-refractivity contribution in [1.29, 1.82) is 0 Å². The molecule has 1 unspecified atom stereocenters. The molecule has 0 radical (unpaired) electrons. The number of nitrogens with zero attached hydrogens (tertiary/aromatic N) is 1. The molecule has 134 valence electrons. The average Bonchev–Trinajstić information content (AvgIpc) is 2.65. The topological polar surface area (TPSA) is 41.9 Å². The SMILES string of the molecule is COc1cc2c(cc1OC)CN(C(C)CCc1ccc(O)cc1)CC2. The van der Waals surface area contributed by atoms with E-state index in [2.05, 4.69) is 24.0 Å². The second kappa shape index (κ2) is 7.79. The van der Waals surface area contributed by atoms with Crippen molar-refractivity contribution >= 4 is 0 Å². The maximum Gasteiger partial charge on any atom is 0.161 e. The van der Waals surface area contributed by atoms with Crippen LogP contribution in [0.2, 0.25) is 0 Å². The van der Waals surface area contributed by atoms with E-state index >= 15 is 0 Å². The fourth-order valence-corrected chi connectivity index (χ4v) is 3.50. The Morgan fingerprint density at radius 1 is 1.04 bits per heavy atom. The van der Waals surface area contributed by atoms with Crippen molar-refractivity contribution in [2.24, 2.45) is 0 Å². The maximum absolute atomic E-state index is 9.38. The zero-order valence-electron chi connectivity index (χ0n) is 15.3. The number of aryl methyl sites for hydroxylation is 1. The molecule has 0 fully saturated rings. The molecule has 0 amide bonds. The second-order valence-electron chi connectivity index (χ2n) is 6.75. The number of phenols is 1. The van der Waals surface area contributed by atoms with Crippen LogP contribution in [0.15, 0.2) is 36.4 Å². The summed E-state index contributed by atoms with van der Waals surface area (Å²) in [6.45, 7) is 4.32. The van der Waals surface area contributed by atoms with Gasteiger partial charge in [-0.3, -0.25) is 4.90 Å². The Balaban J connectivity index is 1.64. The first-order valence-corrected chi connectivity index (χ1v) is 8.86. The first-order chi connectivity index (χ1) is 12.1. The van der Waals surface area contributed by atoms with E-state index in [1.807, 2.05) is 12.1 Å². The highest BCUT2D eigenvalue weighted by Gasteiger charge is 2.22. The largest absolute Gasteiger partial charge is 0.508 e.